The smallest absolute Gasteiger partial charge is 0.431 e. The van der Waals surface area contributed by atoms with E-state index in [0.29, 0.717) is 5.01 Å². The van der Waals surface area contributed by atoms with Gasteiger partial charge in [-0.1, -0.05) is 0 Å². The van der Waals surface area contributed by atoms with Crippen molar-refractivity contribution in [2.75, 3.05) is 5.01 Å². The largest absolute Gasteiger partial charge is 0.464 e. The molecule has 0 aliphatic heterocycles. The summed E-state index contributed by atoms with van der Waals surface area (Å²) in [6.07, 6.45) is -0.301. The van der Waals surface area contributed by atoms with Crippen LogP contribution >= 0.6 is 0 Å². The average Bonchev–Trinajstić information content (AvgIpc) is 2.46. The molecule has 0 atom stereocenters. The second-order valence-electron chi connectivity index (χ2n) is 2.41. The Morgan fingerprint density at radius 3 is 2.57 bits per heavy atom. The number of hydrazine groups is 1. The minimum Gasteiger partial charge on any atom is -0.464 e. The molecule has 1 aromatic rings. The van der Waals surface area contributed by atoms with E-state index in [0.717, 1.165) is 0 Å². The van der Waals surface area contributed by atoms with Gasteiger partial charge in [-0.05, 0) is 0 Å². The van der Waals surface area contributed by atoms with Crippen LogP contribution in [0.2, 0.25) is 0 Å². The zero-order chi connectivity index (χ0) is 10.7. The Bertz CT molecular complexity index is 360. The lowest BCUT2D eigenvalue weighted by molar-refractivity contribution is 0.181. The fourth-order valence-electron chi connectivity index (χ4n) is 0.842. The van der Waals surface area contributed by atoms with Gasteiger partial charge in [-0.2, -0.15) is 10.1 Å². The zero-order valence-electron chi connectivity index (χ0n) is 7.21. The van der Waals surface area contributed by atoms with Gasteiger partial charge in [-0.15, -0.1) is 0 Å². The summed E-state index contributed by atoms with van der Waals surface area (Å²) >= 11 is 0. The molecule has 0 saturated heterocycles. The molecule has 3 N–H and O–H groups in total. The van der Waals surface area contributed by atoms with Crippen molar-refractivity contribution in [1.82, 2.24) is 15.2 Å². The molecule has 0 saturated carbocycles. The SMILES string of the molecule is Cn1cc(N(NC(=O)O)C(=O)O)cn1. The van der Waals surface area contributed by atoms with Gasteiger partial charge >= 0.3 is 12.2 Å². The van der Waals surface area contributed by atoms with Gasteiger partial charge in [-0.25, -0.2) is 15.0 Å². The first-order valence-corrected chi connectivity index (χ1v) is 3.52. The van der Waals surface area contributed by atoms with E-state index < -0.39 is 12.2 Å². The number of hydrogen-bond acceptors (Lipinski definition) is 3. The van der Waals surface area contributed by atoms with Crippen molar-refractivity contribution in [3.63, 3.8) is 0 Å². The fourth-order valence-corrected chi connectivity index (χ4v) is 0.842. The first-order valence-electron chi connectivity index (χ1n) is 3.52. The number of amides is 2. The summed E-state index contributed by atoms with van der Waals surface area (Å²) in [5.74, 6) is 0. The number of hydrogen-bond donors (Lipinski definition) is 3. The molecule has 1 aromatic heterocycles. The van der Waals surface area contributed by atoms with Gasteiger partial charge in [0, 0.05) is 7.05 Å². The van der Waals surface area contributed by atoms with Crippen molar-refractivity contribution in [3.05, 3.63) is 12.4 Å². The quantitative estimate of drug-likeness (QED) is 0.556. The van der Waals surface area contributed by atoms with Crippen LogP contribution in [-0.4, -0.2) is 32.2 Å². The number of anilines is 1. The van der Waals surface area contributed by atoms with Crippen LogP contribution in [0.3, 0.4) is 0 Å². The molecule has 2 amide bonds. The maximum atomic E-state index is 10.6. The Labute approximate surface area is 78.3 Å². The number of rotatable bonds is 1. The summed E-state index contributed by atoms with van der Waals surface area (Å²) in [7, 11) is 1.59. The Morgan fingerprint density at radius 2 is 2.21 bits per heavy atom. The van der Waals surface area contributed by atoms with Crippen LogP contribution in [0, 0.1) is 0 Å². The summed E-state index contributed by atoms with van der Waals surface area (Å²) in [4.78, 5) is 20.9. The minimum absolute atomic E-state index is 0.127. The zero-order valence-corrected chi connectivity index (χ0v) is 7.21. The highest BCUT2D eigenvalue weighted by Crippen LogP contribution is 2.09. The summed E-state index contributed by atoms with van der Waals surface area (Å²) in [6, 6.07) is 0. The number of aromatic nitrogens is 2. The van der Waals surface area contributed by atoms with Crippen LogP contribution in [0.1, 0.15) is 0 Å². The van der Waals surface area contributed by atoms with Crippen LogP contribution in [0.5, 0.6) is 0 Å². The third-order valence-corrected chi connectivity index (χ3v) is 1.35. The molecule has 0 radical (unpaired) electrons. The Hall–Kier alpha value is -2.25. The van der Waals surface area contributed by atoms with E-state index in [1.54, 1.807) is 12.5 Å². The standard InChI is InChI=1S/C6H8N4O4/c1-9-3-4(2-7-9)10(6(13)14)8-5(11)12/h2-3,8H,1H3,(H,11,12)(H,13,14). The van der Waals surface area contributed by atoms with Crippen LogP contribution < -0.4 is 10.4 Å². The maximum Gasteiger partial charge on any atom is 0.431 e. The van der Waals surface area contributed by atoms with E-state index >= 15 is 0 Å². The van der Waals surface area contributed by atoms with Gasteiger partial charge in [0.25, 0.3) is 0 Å². The summed E-state index contributed by atoms with van der Waals surface area (Å²) in [5, 5.41) is 21.2. The van der Waals surface area contributed by atoms with Crippen molar-refractivity contribution >= 4 is 17.9 Å². The number of nitrogens with one attached hydrogen (secondary N) is 1. The molecule has 0 aliphatic rings. The predicted molar refractivity (Wildman–Crippen MR) is 44.9 cm³/mol. The number of aryl methyl sites for hydroxylation is 1. The van der Waals surface area contributed by atoms with Gasteiger partial charge in [0.1, 0.15) is 5.69 Å². The van der Waals surface area contributed by atoms with E-state index in [1.807, 2.05) is 0 Å². The van der Waals surface area contributed by atoms with Gasteiger partial charge in [0.05, 0.1) is 12.4 Å². The van der Waals surface area contributed by atoms with Gasteiger partial charge < -0.3 is 10.2 Å². The fraction of sp³-hybridized carbons (Fsp3) is 0.167. The number of carboxylic acid groups (broad SMARTS) is 2. The normalized spacial score (nSPS) is 9.50. The van der Waals surface area contributed by atoms with Crippen molar-refractivity contribution < 1.29 is 19.8 Å². The van der Waals surface area contributed by atoms with Crippen molar-refractivity contribution in [1.29, 1.82) is 0 Å². The van der Waals surface area contributed by atoms with E-state index in [2.05, 4.69) is 5.10 Å². The van der Waals surface area contributed by atoms with Crippen LogP contribution in [0.4, 0.5) is 15.3 Å². The van der Waals surface area contributed by atoms with Gasteiger partial charge in [0.2, 0.25) is 0 Å². The summed E-state index contributed by atoms with van der Waals surface area (Å²) < 4.78 is 1.36. The second kappa shape index (κ2) is 3.64. The number of nitrogens with zero attached hydrogens (tertiary/aromatic N) is 3. The lowest BCUT2D eigenvalue weighted by atomic mass is 10.5. The third kappa shape index (κ3) is 2.12. The summed E-state index contributed by atoms with van der Waals surface area (Å²) in [5.41, 5.74) is 1.83. The topological polar surface area (TPSA) is 108 Å². The Morgan fingerprint density at radius 1 is 1.57 bits per heavy atom. The maximum absolute atomic E-state index is 10.6. The predicted octanol–water partition coefficient (Wildman–Crippen LogP) is 0.0871. The molecule has 0 bridgehead atoms. The third-order valence-electron chi connectivity index (χ3n) is 1.35. The Kier molecular flexibility index (Phi) is 2.56. The molecule has 0 unspecified atom stereocenters. The van der Waals surface area contributed by atoms with E-state index in [1.165, 1.54) is 17.1 Å². The molecule has 0 spiro atoms. The Balaban J connectivity index is 2.88. The van der Waals surface area contributed by atoms with Gasteiger partial charge in [-0.3, -0.25) is 4.68 Å². The van der Waals surface area contributed by atoms with E-state index in [-0.39, 0.29) is 5.69 Å². The molecule has 1 heterocycles. The first kappa shape index (κ1) is 9.84. The monoisotopic (exact) mass is 200 g/mol. The van der Waals surface area contributed by atoms with Crippen LogP contribution in [-0.2, 0) is 7.05 Å². The number of carbonyl (C=O) groups is 2. The van der Waals surface area contributed by atoms with E-state index in [4.69, 9.17) is 10.2 Å². The lowest BCUT2D eigenvalue weighted by Crippen LogP contribution is -2.45. The molecule has 0 aliphatic carbocycles. The first-order chi connectivity index (χ1) is 6.50. The molecular formula is C6H8N4O4. The molecule has 1 rings (SSSR count). The molecule has 8 heteroatoms. The lowest BCUT2D eigenvalue weighted by Gasteiger charge is -2.15. The van der Waals surface area contributed by atoms with Crippen molar-refractivity contribution in [2.24, 2.45) is 7.05 Å². The highest BCUT2D eigenvalue weighted by atomic mass is 16.4. The molecule has 76 valence electrons. The second-order valence-corrected chi connectivity index (χ2v) is 2.41. The molecule has 8 nitrogen and oxygen atoms in total. The van der Waals surface area contributed by atoms with Crippen LogP contribution in [0.15, 0.2) is 12.4 Å². The van der Waals surface area contributed by atoms with Crippen LogP contribution in [0.25, 0.3) is 0 Å². The molecular weight excluding hydrogens is 192 g/mol. The molecule has 0 fully saturated rings. The highest BCUT2D eigenvalue weighted by Gasteiger charge is 2.17. The minimum atomic E-state index is -1.46. The van der Waals surface area contributed by atoms with Crippen molar-refractivity contribution in [2.45, 2.75) is 0 Å². The highest BCUT2D eigenvalue weighted by molar-refractivity contribution is 5.88. The molecule has 14 heavy (non-hydrogen) atoms. The molecule has 0 aromatic carbocycles. The van der Waals surface area contributed by atoms with Gasteiger partial charge in [0.15, 0.2) is 0 Å². The summed E-state index contributed by atoms with van der Waals surface area (Å²) in [6.45, 7) is 0. The van der Waals surface area contributed by atoms with Crippen molar-refractivity contribution in [3.8, 4) is 0 Å². The van der Waals surface area contributed by atoms with E-state index in [9.17, 15) is 9.59 Å². The average molecular weight is 200 g/mol.